The van der Waals surface area contributed by atoms with Gasteiger partial charge in [0.15, 0.2) is 0 Å². The van der Waals surface area contributed by atoms with Crippen molar-refractivity contribution in [1.29, 1.82) is 0 Å². The van der Waals surface area contributed by atoms with Gasteiger partial charge in [0.1, 0.15) is 6.04 Å². The van der Waals surface area contributed by atoms with Crippen LogP contribution in [0.15, 0.2) is 16.5 Å². The maximum Gasteiger partial charge on any atom is 0.286 e. The monoisotopic (exact) mass is 405 g/mol. The first-order valence-electron chi connectivity index (χ1n) is 8.23. The van der Waals surface area contributed by atoms with Crippen molar-refractivity contribution < 1.29 is 14.0 Å². The molecule has 2 heterocycles. The summed E-state index contributed by atoms with van der Waals surface area (Å²) in [7, 11) is 0. The Morgan fingerprint density at radius 2 is 1.92 bits per heavy atom. The largest absolute Gasteiger partial charge is 0.413 e. The van der Waals surface area contributed by atoms with Crippen molar-refractivity contribution in [2.75, 3.05) is 11.9 Å². The van der Waals surface area contributed by atoms with E-state index in [0.29, 0.717) is 18.9 Å². The molecule has 1 aromatic carbocycles. The Balaban J connectivity index is 1.89. The van der Waals surface area contributed by atoms with E-state index in [1.165, 1.54) is 0 Å². The summed E-state index contributed by atoms with van der Waals surface area (Å²) in [6.45, 7) is 6.57. The Labute approximate surface area is 154 Å². The number of aromatic nitrogens is 2. The number of carbonyl (C=O) groups is 2. The van der Waals surface area contributed by atoms with Crippen molar-refractivity contribution in [1.82, 2.24) is 15.1 Å². The first kappa shape index (κ1) is 17.8. The molecule has 25 heavy (non-hydrogen) atoms. The van der Waals surface area contributed by atoms with E-state index in [1.54, 1.807) is 4.90 Å². The third-order valence-corrected chi connectivity index (χ3v) is 5.00. The molecule has 1 fully saturated rings. The quantitative estimate of drug-likeness (QED) is 0.576. The molecular formula is C18H20BrN3O3. The molecule has 0 saturated carbocycles. The highest BCUT2D eigenvalue weighted by Crippen LogP contribution is 2.28. The molecule has 0 N–H and O–H groups in total. The van der Waals surface area contributed by atoms with Gasteiger partial charge in [0, 0.05) is 12.1 Å². The Morgan fingerprint density at radius 1 is 1.24 bits per heavy atom. The zero-order valence-electron chi connectivity index (χ0n) is 14.5. The molecule has 6 nitrogen and oxygen atoms in total. The lowest BCUT2D eigenvalue weighted by atomic mass is 10.00. The van der Waals surface area contributed by atoms with Gasteiger partial charge in [-0.3, -0.25) is 9.59 Å². The van der Waals surface area contributed by atoms with Gasteiger partial charge in [0.25, 0.3) is 5.89 Å². The van der Waals surface area contributed by atoms with Gasteiger partial charge in [-0.25, -0.2) is 0 Å². The fourth-order valence-electron chi connectivity index (χ4n) is 3.50. The van der Waals surface area contributed by atoms with Crippen molar-refractivity contribution in [2.45, 2.75) is 39.7 Å². The summed E-state index contributed by atoms with van der Waals surface area (Å²) in [6, 6.07) is 3.57. The normalized spacial score (nSPS) is 17.1. The molecule has 132 valence electrons. The number of halogens is 1. The Morgan fingerprint density at radius 3 is 2.56 bits per heavy atom. The van der Waals surface area contributed by atoms with Crippen molar-refractivity contribution in [3.8, 4) is 11.5 Å². The van der Waals surface area contributed by atoms with Gasteiger partial charge in [-0.1, -0.05) is 33.6 Å². The number of hydrogen-bond acceptors (Lipinski definition) is 5. The number of likely N-dealkylation sites (tertiary alicyclic amines) is 1. The summed E-state index contributed by atoms with van der Waals surface area (Å²) in [5.41, 5.74) is 4.07. The minimum atomic E-state index is -0.515. The van der Waals surface area contributed by atoms with Crippen molar-refractivity contribution in [2.24, 2.45) is 0 Å². The molecule has 0 unspecified atom stereocenters. The predicted octanol–water partition coefficient (Wildman–Crippen LogP) is 3.23. The second-order valence-corrected chi connectivity index (χ2v) is 6.99. The van der Waals surface area contributed by atoms with Gasteiger partial charge in [0.2, 0.25) is 17.6 Å². The van der Waals surface area contributed by atoms with Crippen LogP contribution in [0.5, 0.6) is 0 Å². The van der Waals surface area contributed by atoms with Crippen LogP contribution in [0, 0.1) is 20.8 Å². The van der Waals surface area contributed by atoms with Gasteiger partial charge >= 0.3 is 0 Å². The molecule has 0 aliphatic carbocycles. The van der Waals surface area contributed by atoms with Crippen LogP contribution in [0.2, 0.25) is 0 Å². The number of aryl methyl sites for hydroxylation is 3. The Bertz CT molecular complexity index is 808. The predicted molar refractivity (Wildman–Crippen MR) is 96.8 cm³/mol. The molecule has 0 spiro atoms. The highest BCUT2D eigenvalue weighted by Gasteiger charge is 2.36. The van der Waals surface area contributed by atoms with E-state index in [2.05, 4.69) is 26.1 Å². The molecule has 1 saturated heterocycles. The van der Waals surface area contributed by atoms with Crippen LogP contribution in [0.4, 0.5) is 0 Å². The summed E-state index contributed by atoms with van der Waals surface area (Å²) in [5.74, 6) is -0.0721. The van der Waals surface area contributed by atoms with E-state index >= 15 is 0 Å². The van der Waals surface area contributed by atoms with Crippen molar-refractivity contribution >= 4 is 27.6 Å². The molecule has 3 rings (SSSR count). The molecule has 1 aliphatic rings. The van der Waals surface area contributed by atoms with Crippen LogP contribution >= 0.6 is 15.9 Å². The Kier molecular flexibility index (Phi) is 5.03. The van der Waals surface area contributed by atoms with E-state index in [4.69, 9.17) is 4.42 Å². The van der Waals surface area contributed by atoms with Gasteiger partial charge in [-0.05, 0) is 44.7 Å². The minimum absolute atomic E-state index is 0.0337. The number of amides is 1. The fraction of sp³-hybridized carbons (Fsp3) is 0.444. The first-order chi connectivity index (χ1) is 11.9. The standard InChI is InChI=1S/C18H20BrN3O3/c1-10-7-11(2)15(12(3)8-10)17-20-21-18(25-17)16(24)13-5-4-6-22(13)14(23)9-19/h7-8,13H,4-6,9H2,1-3H3/t13-/m0/s1. The van der Waals surface area contributed by atoms with Crippen LogP contribution in [-0.2, 0) is 4.79 Å². The molecule has 2 aromatic rings. The number of Topliss-reactive ketones (excluding diaryl/α,β-unsaturated/α-hetero) is 1. The molecule has 1 aromatic heterocycles. The summed E-state index contributed by atoms with van der Waals surface area (Å²) in [4.78, 5) is 26.3. The first-order valence-corrected chi connectivity index (χ1v) is 9.36. The average molecular weight is 406 g/mol. The zero-order valence-corrected chi connectivity index (χ0v) is 16.1. The summed E-state index contributed by atoms with van der Waals surface area (Å²) in [5, 5.41) is 8.22. The number of ketones is 1. The van der Waals surface area contributed by atoms with Gasteiger partial charge in [-0.15, -0.1) is 10.2 Å². The van der Waals surface area contributed by atoms with Crippen LogP contribution in [-0.4, -0.2) is 44.7 Å². The van der Waals surface area contributed by atoms with E-state index in [9.17, 15) is 9.59 Å². The fourth-order valence-corrected chi connectivity index (χ4v) is 3.82. The lowest BCUT2D eigenvalue weighted by Gasteiger charge is -2.21. The molecular weight excluding hydrogens is 386 g/mol. The lowest BCUT2D eigenvalue weighted by molar-refractivity contribution is -0.128. The summed E-state index contributed by atoms with van der Waals surface area (Å²) >= 11 is 3.16. The number of hydrogen-bond donors (Lipinski definition) is 0. The maximum atomic E-state index is 12.7. The highest BCUT2D eigenvalue weighted by molar-refractivity contribution is 9.09. The van der Waals surface area contributed by atoms with Crippen molar-refractivity contribution in [3.63, 3.8) is 0 Å². The van der Waals surface area contributed by atoms with Crippen LogP contribution < -0.4 is 0 Å². The Hall–Kier alpha value is -2.02. The third kappa shape index (κ3) is 3.38. The maximum absolute atomic E-state index is 12.7. The molecule has 7 heteroatoms. The van der Waals surface area contributed by atoms with Gasteiger partial charge in [0.05, 0.1) is 5.33 Å². The van der Waals surface area contributed by atoms with Crippen LogP contribution in [0.25, 0.3) is 11.5 Å². The SMILES string of the molecule is Cc1cc(C)c(-c2nnc(C(=O)[C@@H]3CCCN3C(=O)CBr)o2)c(C)c1. The summed E-state index contributed by atoms with van der Waals surface area (Å²) in [6.07, 6.45) is 1.42. The second-order valence-electron chi connectivity index (χ2n) is 6.43. The molecule has 1 amide bonds. The lowest BCUT2D eigenvalue weighted by Crippen LogP contribution is -2.41. The van der Waals surface area contributed by atoms with Crippen LogP contribution in [0.3, 0.4) is 0 Å². The van der Waals surface area contributed by atoms with Crippen molar-refractivity contribution in [3.05, 3.63) is 34.7 Å². The van der Waals surface area contributed by atoms with E-state index in [1.807, 2.05) is 32.9 Å². The minimum Gasteiger partial charge on any atom is -0.413 e. The van der Waals surface area contributed by atoms with E-state index in [0.717, 1.165) is 28.7 Å². The smallest absolute Gasteiger partial charge is 0.286 e. The molecule has 0 radical (unpaired) electrons. The average Bonchev–Trinajstić information content (AvgIpc) is 3.22. The topological polar surface area (TPSA) is 76.3 Å². The molecule has 1 aliphatic heterocycles. The third-order valence-electron chi connectivity index (χ3n) is 4.52. The number of benzene rings is 1. The number of nitrogens with zero attached hydrogens (tertiary/aromatic N) is 3. The second kappa shape index (κ2) is 7.07. The molecule has 0 bridgehead atoms. The zero-order chi connectivity index (χ0) is 18.1. The van der Waals surface area contributed by atoms with E-state index in [-0.39, 0.29) is 22.9 Å². The number of alkyl halides is 1. The molecule has 1 atom stereocenters. The highest BCUT2D eigenvalue weighted by atomic mass is 79.9. The number of rotatable bonds is 4. The van der Waals surface area contributed by atoms with Gasteiger partial charge < -0.3 is 9.32 Å². The van der Waals surface area contributed by atoms with Gasteiger partial charge in [-0.2, -0.15) is 0 Å². The van der Waals surface area contributed by atoms with Crippen LogP contribution in [0.1, 0.15) is 40.2 Å². The number of carbonyl (C=O) groups excluding carboxylic acids is 2. The summed E-state index contributed by atoms with van der Waals surface area (Å²) < 4.78 is 5.69. The van der Waals surface area contributed by atoms with E-state index < -0.39 is 6.04 Å².